The molecular formula is C20H22N6O5S. The molecule has 1 atom stereocenters. The van der Waals surface area contributed by atoms with Crippen molar-refractivity contribution in [3.63, 3.8) is 0 Å². The number of hydrogen-bond acceptors (Lipinski definition) is 8. The van der Waals surface area contributed by atoms with Gasteiger partial charge in [-0.15, -0.1) is 5.10 Å². The normalized spacial score (nSPS) is 15.8. The molecule has 1 unspecified atom stereocenters. The third-order valence-corrected chi connectivity index (χ3v) is 6.76. The van der Waals surface area contributed by atoms with Crippen LogP contribution in [-0.2, 0) is 19.6 Å². The molecule has 0 aliphatic carbocycles. The van der Waals surface area contributed by atoms with Crippen LogP contribution in [0, 0.1) is 0 Å². The standard InChI is InChI=1S/C20H22N6O5S/c1-15(31-18-4-2-3-17(13-18)26-14-21-23-24-26)20(27)22-16-5-7-19(8-6-16)32(28,29)25-9-11-30-12-10-25/h2-8,13-15H,9-12H2,1H3,(H,22,27). The molecule has 1 aliphatic heterocycles. The summed E-state index contributed by atoms with van der Waals surface area (Å²) in [5.41, 5.74) is 1.16. The van der Waals surface area contributed by atoms with Gasteiger partial charge in [0.1, 0.15) is 12.1 Å². The highest BCUT2D eigenvalue weighted by atomic mass is 32.2. The molecule has 0 bridgehead atoms. The highest BCUT2D eigenvalue weighted by molar-refractivity contribution is 7.89. The maximum Gasteiger partial charge on any atom is 0.265 e. The summed E-state index contributed by atoms with van der Waals surface area (Å²) in [5.74, 6) is 0.106. The number of carbonyl (C=O) groups is 1. The first-order valence-electron chi connectivity index (χ1n) is 9.92. The van der Waals surface area contributed by atoms with E-state index in [4.69, 9.17) is 9.47 Å². The lowest BCUT2D eigenvalue weighted by Gasteiger charge is -2.26. The van der Waals surface area contributed by atoms with Crippen molar-refractivity contribution in [2.24, 2.45) is 0 Å². The van der Waals surface area contributed by atoms with E-state index in [1.165, 1.54) is 27.4 Å². The molecule has 1 fully saturated rings. The predicted molar refractivity (Wildman–Crippen MR) is 114 cm³/mol. The van der Waals surface area contributed by atoms with Crippen LogP contribution in [0.15, 0.2) is 59.8 Å². The van der Waals surface area contributed by atoms with Crippen molar-refractivity contribution in [3.05, 3.63) is 54.9 Å². The van der Waals surface area contributed by atoms with E-state index < -0.39 is 16.1 Å². The number of morpholine rings is 1. The number of nitrogens with zero attached hydrogens (tertiary/aromatic N) is 5. The van der Waals surface area contributed by atoms with Gasteiger partial charge < -0.3 is 14.8 Å². The van der Waals surface area contributed by atoms with Crippen molar-refractivity contribution in [3.8, 4) is 11.4 Å². The Bertz CT molecular complexity index is 1160. The van der Waals surface area contributed by atoms with Crippen molar-refractivity contribution >= 4 is 21.6 Å². The molecule has 1 aromatic heterocycles. The Morgan fingerprint density at radius 2 is 1.91 bits per heavy atom. The zero-order valence-corrected chi connectivity index (χ0v) is 18.1. The lowest BCUT2D eigenvalue weighted by molar-refractivity contribution is -0.122. The molecule has 3 aromatic rings. The number of anilines is 1. The van der Waals surface area contributed by atoms with Gasteiger partial charge in [-0.05, 0) is 53.7 Å². The van der Waals surface area contributed by atoms with Gasteiger partial charge in [0.25, 0.3) is 5.91 Å². The van der Waals surface area contributed by atoms with E-state index in [9.17, 15) is 13.2 Å². The fourth-order valence-corrected chi connectivity index (χ4v) is 4.53. The zero-order valence-electron chi connectivity index (χ0n) is 17.3. The van der Waals surface area contributed by atoms with Crippen molar-refractivity contribution < 1.29 is 22.7 Å². The molecule has 4 rings (SSSR count). The number of amides is 1. The van der Waals surface area contributed by atoms with Gasteiger partial charge in [0.15, 0.2) is 6.10 Å². The van der Waals surface area contributed by atoms with E-state index in [0.29, 0.717) is 43.4 Å². The Morgan fingerprint density at radius 1 is 1.16 bits per heavy atom. The molecule has 2 aromatic carbocycles. The van der Waals surface area contributed by atoms with Gasteiger partial charge in [-0.3, -0.25) is 4.79 Å². The van der Waals surface area contributed by atoms with Gasteiger partial charge in [0, 0.05) is 24.8 Å². The Balaban J connectivity index is 1.38. The van der Waals surface area contributed by atoms with Gasteiger partial charge in [-0.1, -0.05) is 6.07 Å². The first kappa shape index (κ1) is 21.9. The lowest BCUT2D eigenvalue weighted by atomic mass is 10.2. The number of carbonyl (C=O) groups excluding carboxylic acids is 1. The number of tetrazole rings is 1. The van der Waals surface area contributed by atoms with Gasteiger partial charge in [0.05, 0.1) is 23.8 Å². The number of benzene rings is 2. The van der Waals surface area contributed by atoms with Crippen molar-refractivity contribution in [1.29, 1.82) is 0 Å². The minimum Gasteiger partial charge on any atom is -0.481 e. The van der Waals surface area contributed by atoms with Crippen LogP contribution in [0.3, 0.4) is 0 Å². The molecule has 1 N–H and O–H groups in total. The Hall–Kier alpha value is -3.35. The SMILES string of the molecule is CC(Oc1cccc(-n2cnnn2)c1)C(=O)Nc1ccc(S(=O)(=O)N2CCOCC2)cc1. The summed E-state index contributed by atoms with van der Waals surface area (Å²) in [5, 5.41) is 13.7. The van der Waals surface area contributed by atoms with Gasteiger partial charge >= 0.3 is 0 Å². The fourth-order valence-electron chi connectivity index (χ4n) is 3.13. The predicted octanol–water partition coefficient (Wildman–Crippen LogP) is 1.09. The quantitative estimate of drug-likeness (QED) is 0.557. The molecule has 2 heterocycles. The molecule has 0 radical (unpaired) electrons. The molecule has 32 heavy (non-hydrogen) atoms. The third-order valence-electron chi connectivity index (χ3n) is 4.84. The number of aromatic nitrogens is 4. The second-order valence-corrected chi connectivity index (χ2v) is 8.98. The second kappa shape index (κ2) is 9.42. The minimum absolute atomic E-state index is 0.168. The number of rotatable bonds is 7. The van der Waals surface area contributed by atoms with E-state index in [1.807, 2.05) is 0 Å². The van der Waals surface area contributed by atoms with Crippen LogP contribution in [0.4, 0.5) is 5.69 Å². The lowest BCUT2D eigenvalue weighted by Crippen LogP contribution is -2.40. The third kappa shape index (κ3) is 4.93. The van der Waals surface area contributed by atoms with Crippen molar-refractivity contribution in [2.75, 3.05) is 31.6 Å². The number of nitrogens with one attached hydrogen (secondary N) is 1. The fraction of sp³-hybridized carbons (Fsp3) is 0.300. The molecule has 1 saturated heterocycles. The van der Waals surface area contributed by atoms with Gasteiger partial charge in [0.2, 0.25) is 10.0 Å². The Morgan fingerprint density at radius 3 is 2.59 bits per heavy atom. The highest BCUT2D eigenvalue weighted by Crippen LogP contribution is 2.21. The van der Waals surface area contributed by atoms with Gasteiger partial charge in [-0.25, -0.2) is 13.1 Å². The zero-order chi connectivity index (χ0) is 22.6. The average molecular weight is 459 g/mol. The summed E-state index contributed by atoms with van der Waals surface area (Å²) in [4.78, 5) is 12.7. The van der Waals surface area contributed by atoms with Crippen LogP contribution < -0.4 is 10.1 Å². The number of hydrogen-bond donors (Lipinski definition) is 1. The topological polar surface area (TPSA) is 129 Å². The Labute approximate surface area is 185 Å². The largest absolute Gasteiger partial charge is 0.481 e. The van der Waals surface area contributed by atoms with Gasteiger partial charge in [-0.2, -0.15) is 4.31 Å². The first-order chi connectivity index (χ1) is 15.4. The van der Waals surface area contributed by atoms with Crippen LogP contribution >= 0.6 is 0 Å². The van der Waals surface area contributed by atoms with Crippen molar-refractivity contribution in [1.82, 2.24) is 24.5 Å². The maximum atomic E-state index is 12.7. The molecule has 168 valence electrons. The smallest absolute Gasteiger partial charge is 0.265 e. The van der Waals surface area contributed by atoms with E-state index in [1.54, 1.807) is 43.3 Å². The van der Waals surface area contributed by atoms with Crippen LogP contribution in [-0.4, -0.2) is 71.2 Å². The summed E-state index contributed by atoms with van der Waals surface area (Å²) in [6.45, 7) is 3.03. The molecule has 1 aliphatic rings. The minimum atomic E-state index is -3.59. The molecular weight excluding hydrogens is 436 g/mol. The number of ether oxygens (including phenoxy) is 2. The maximum absolute atomic E-state index is 12.7. The average Bonchev–Trinajstić information content (AvgIpc) is 3.35. The van der Waals surface area contributed by atoms with Crippen LogP contribution in [0.5, 0.6) is 5.75 Å². The van der Waals surface area contributed by atoms with E-state index in [2.05, 4.69) is 20.8 Å². The summed E-state index contributed by atoms with van der Waals surface area (Å²) in [6, 6.07) is 13.1. The molecule has 0 saturated carbocycles. The summed E-state index contributed by atoms with van der Waals surface area (Å²) >= 11 is 0. The second-order valence-electron chi connectivity index (χ2n) is 7.04. The van der Waals surface area contributed by atoms with Crippen molar-refractivity contribution in [2.45, 2.75) is 17.9 Å². The number of sulfonamides is 1. The molecule has 1 amide bonds. The van der Waals surface area contributed by atoms with Crippen LogP contribution in [0.1, 0.15) is 6.92 Å². The molecule has 12 heteroatoms. The van der Waals surface area contributed by atoms with E-state index in [-0.39, 0.29) is 10.8 Å². The van der Waals surface area contributed by atoms with Crippen LogP contribution in [0.25, 0.3) is 5.69 Å². The molecule has 0 spiro atoms. The monoisotopic (exact) mass is 458 g/mol. The summed E-state index contributed by atoms with van der Waals surface area (Å²) in [7, 11) is -3.59. The van der Waals surface area contributed by atoms with E-state index >= 15 is 0 Å². The van der Waals surface area contributed by atoms with Crippen LogP contribution in [0.2, 0.25) is 0 Å². The van der Waals surface area contributed by atoms with E-state index in [0.717, 1.165) is 0 Å². The first-order valence-corrected chi connectivity index (χ1v) is 11.4. The molecule has 11 nitrogen and oxygen atoms in total. The summed E-state index contributed by atoms with van der Waals surface area (Å²) < 4.78 is 39.2. The summed E-state index contributed by atoms with van der Waals surface area (Å²) in [6.07, 6.45) is 0.661. The Kier molecular flexibility index (Phi) is 6.44. The highest BCUT2D eigenvalue weighted by Gasteiger charge is 2.26.